The van der Waals surface area contributed by atoms with Gasteiger partial charge in [-0.2, -0.15) is 0 Å². The molecule has 0 unspecified atom stereocenters. The number of fused-ring (bicyclic) bond motifs is 3. The minimum atomic E-state index is 0.761. The number of hydrogen-bond donors (Lipinski definition) is 1. The molecule has 1 aliphatic carbocycles. The molecule has 1 aromatic heterocycles. The molecule has 4 rings (SSSR count). The third kappa shape index (κ3) is 1.61. The Bertz CT molecular complexity index is 745. The summed E-state index contributed by atoms with van der Waals surface area (Å²) in [5.74, 6) is 0.761. The number of aromatic amines is 1. The Kier molecular flexibility index (Phi) is 2.41. The van der Waals surface area contributed by atoms with Gasteiger partial charge in [-0.05, 0) is 42.9 Å². The molecular weight excluding hydrogens is 230 g/mol. The van der Waals surface area contributed by atoms with Crippen molar-refractivity contribution in [3.8, 4) is 0 Å². The Labute approximate surface area is 113 Å². The van der Waals surface area contributed by atoms with E-state index in [1.807, 2.05) is 0 Å². The van der Waals surface area contributed by atoms with Gasteiger partial charge in [0, 0.05) is 16.3 Å². The number of para-hydroxylation sites is 1. The van der Waals surface area contributed by atoms with E-state index in [1.165, 1.54) is 53.1 Å². The second kappa shape index (κ2) is 4.12. The molecule has 0 bridgehead atoms. The molecule has 0 radical (unpaired) electrons. The maximum Gasteiger partial charge on any atom is 0.0502 e. The number of benzene rings is 2. The lowest BCUT2D eigenvalue weighted by atomic mass is 9.91. The third-order valence-electron chi connectivity index (χ3n) is 4.70. The molecule has 19 heavy (non-hydrogen) atoms. The SMILES string of the molecule is Cc1ccc2c([nH]c3ccccc32)c1C1CCCC1. The molecular formula is C18H19N. The van der Waals surface area contributed by atoms with E-state index >= 15 is 0 Å². The van der Waals surface area contributed by atoms with Crippen LogP contribution in [0.4, 0.5) is 0 Å². The Balaban J connectivity index is 2.07. The predicted molar refractivity (Wildman–Crippen MR) is 81.8 cm³/mol. The largest absolute Gasteiger partial charge is 0.354 e. The van der Waals surface area contributed by atoms with Gasteiger partial charge in [-0.1, -0.05) is 43.2 Å². The number of aryl methyl sites for hydroxylation is 1. The molecule has 1 N–H and O–H groups in total. The fourth-order valence-electron chi connectivity index (χ4n) is 3.79. The molecule has 0 spiro atoms. The first-order valence-corrected chi connectivity index (χ1v) is 7.34. The van der Waals surface area contributed by atoms with Gasteiger partial charge in [-0.3, -0.25) is 0 Å². The average molecular weight is 249 g/mol. The van der Waals surface area contributed by atoms with Gasteiger partial charge >= 0.3 is 0 Å². The van der Waals surface area contributed by atoms with Gasteiger partial charge in [0.1, 0.15) is 0 Å². The standard InChI is InChI=1S/C18H19N/c1-12-10-11-15-14-8-4-5-9-16(14)19-18(15)17(12)13-6-2-3-7-13/h4-5,8-11,13,19H,2-3,6-7H2,1H3. The van der Waals surface area contributed by atoms with Crippen LogP contribution in [-0.2, 0) is 0 Å². The highest BCUT2D eigenvalue weighted by Crippen LogP contribution is 2.40. The Morgan fingerprint density at radius 3 is 2.58 bits per heavy atom. The smallest absolute Gasteiger partial charge is 0.0502 e. The molecule has 0 aliphatic heterocycles. The van der Waals surface area contributed by atoms with Gasteiger partial charge < -0.3 is 4.98 Å². The van der Waals surface area contributed by atoms with E-state index in [2.05, 4.69) is 48.3 Å². The van der Waals surface area contributed by atoms with Gasteiger partial charge in [-0.25, -0.2) is 0 Å². The second-order valence-electron chi connectivity index (χ2n) is 5.87. The van der Waals surface area contributed by atoms with Crippen LogP contribution in [0.3, 0.4) is 0 Å². The molecule has 1 nitrogen and oxygen atoms in total. The first kappa shape index (κ1) is 11.1. The van der Waals surface area contributed by atoms with Crippen LogP contribution < -0.4 is 0 Å². The normalized spacial score (nSPS) is 16.7. The van der Waals surface area contributed by atoms with Crippen molar-refractivity contribution in [2.24, 2.45) is 0 Å². The number of nitrogens with one attached hydrogen (secondary N) is 1. The van der Waals surface area contributed by atoms with Crippen molar-refractivity contribution in [1.82, 2.24) is 4.98 Å². The lowest BCUT2D eigenvalue weighted by Gasteiger charge is -2.14. The minimum absolute atomic E-state index is 0.761. The summed E-state index contributed by atoms with van der Waals surface area (Å²) in [5, 5.41) is 2.75. The summed E-state index contributed by atoms with van der Waals surface area (Å²) >= 11 is 0. The topological polar surface area (TPSA) is 15.8 Å². The van der Waals surface area contributed by atoms with Crippen LogP contribution in [0, 0.1) is 6.92 Å². The first-order chi connectivity index (χ1) is 9.34. The molecule has 0 amide bonds. The molecule has 0 atom stereocenters. The Morgan fingerprint density at radius 2 is 1.74 bits per heavy atom. The van der Waals surface area contributed by atoms with Crippen LogP contribution in [0.25, 0.3) is 21.8 Å². The summed E-state index contributed by atoms with van der Waals surface area (Å²) in [6, 6.07) is 13.2. The van der Waals surface area contributed by atoms with Gasteiger partial charge in [-0.15, -0.1) is 0 Å². The summed E-state index contributed by atoms with van der Waals surface area (Å²) in [4.78, 5) is 3.66. The van der Waals surface area contributed by atoms with Crippen LogP contribution in [-0.4, -0.2) is 4.98 Å². The quantitative estimate of drug-likeness (QED) is 0.603. The summed E-state index contributed by atoms with van der Waals surface area (Å²) in [5.41, 5.74) is 5.67. The highest BCUT2D eigenvalue weighted by molar-refractivity contribution is 6.08. The van der Waals surface area contributed by atoms with Crippen LogP contribution >= 0.6 is 0 Å². The number of H-pyrrole nitrogens is 1. The van der Waals surface area contributed by atoms with E-state index in [4.69, 9.17) is 0 Å². The van der Waals surface area contributed by atoms with Crippen molar-refractivity contribution in [3.05, 3.63) is 47.5 Å². The fourth-order valence-corrected chi connectivity index (χ4v) is 3.79. The first-order valence-electron chi connectivity index (χ1n) is 7.34. The van der Waals surface area contributed by atoms with Crippen LogP contribution in [0.15, 0.2) is 36.4 Å². The lowest BCUT2D eigenvalue weighted by Crippen LogP contribution is -1.97. The highest BCUT2D eigenvalue weighted by atomic mass is 14.7. The summed E-state index contributed by atoms with van der Waals surface area (Å²) in [7, 11) is 0. The van der Waals surface area contributed by atoms with E-state index in [-0.39, 0.29) is 0 Å². The van der Waals surface area contributed by atoms with E-state index < -0.39 is 0 Å². The zero-order valence-electron chi connectivity index (χ0n) is 11.4. The fraction of sp³-hybridized carbons (Fsp3) is 0.333. The van der Waals surface area contributed by atoms with E-state index in [1.54, 1.807) is 5.56 Å². The zero-order chi connectivity index (χ0) is 12.8. The zero-order valence-corrected chi connectivity index (χ0v) is 11.4. The molecule has 1 heterocycles. The number of rotatable bonds is 1. The highest BCUT2D eigenvalue weighted by Gasteiger charge is 2.22. The van der Waals surface area contributed by atoms with Gasteiger partial charge in [0.05, 0.1) is 5.52 Å². The lowest BCUT2D eigenvalue weighted by molar-refractivity contribution is 0.723. The Morgan fingerprint density at radius 1 is 0.947 bits per heavy atom. The van der Waals surface area contributed by atoms with Gasteiger partial charge in [0.2, 0.25) is 0 Å². The third-order valence-corrected chi connectivity index (χ3v) is 4.70. The molecule has 1 heteroatoms. The predicted octanol–water partition coefficient (Wildman–Crippen LogP) is 5.29. The van der Waals surface area contributed by atoms with Gasteiger partial charge in [0.25, 0.3) is 0 Å². The van der Waals surface area contributed by atoms with Crippen molar-refractivity contribution in [3.63, 3.8) is 0 Å². The molecule has 1 saturated carbocycles. The van der Waals surface area contributed by atoms with Crippen molar-refractivity contribution in [2.75, 3.05) is 0 Å². The molecule has 1 aliphatic rings. The van der Waals surface area contributed by atoms with Crippen LogP contribution in [0.5, 0.6) is 0 Å². The maximum absolute atomic E-state index is 3.66. The summed E-state index contributed by atoms with van der Waals surface area (Å²) in [6.45, 7) is 2.26. The van der Waals surface area contributed by atoms with E-state index in [0.29, 0.717) is 0 Å². The van der Waals surface area contributed by atoms with E-state index in [9.17, 15) is 0 Å². The number of aromatic nitrogens is 1. The monoisotopic (exact) mass is 249 g/mol. The van der Waals surface area contributed by atoms with Gasteiger partial charge in [0.15, 0.2) is 0 Å². The van der Waals surface area contributed by atoms with E-state index in [0.717, 1.165) is 5.92 Å². The number of hydrogen-bond acceptors (Lipinski definition) is 0. The molecule has 96 valence electrons. The molecule has 1 fully saturated rings. The molecule has 2 aromatic carbocycles. The van der Waals surface area contributed by atoms with Crippen molar-refractivity contribution in [2.45, 2.75) is 38.5 Å². The minimum Gasteiger partial charge on any atom is -0.354 e. The van der Waals surface area contributed by atoms with Crippen LogP contribution in [0.1, 0.15) is 42.7 Å². The maximum atomic E-state index is 3.66. The van der Waals surface area contributed by atoms with Crippen molar-refractivity contribution >= 4 is 21.8 Å². The van der Waals surface area contributed by atoms with Crippen molar-refractivity contribution < 1.29 is 0 Å². The molecule has 0 saturated heterocycles. The molecule has 3 aromatic rings. The van der Waals surface area contributed by atoms with Crippen LogP contribution in [0.2, 0.25) is 0 Å². The average Bonchev–Trinajstić information content (AvgIpc) is 3.05. The second-order valence-corrected chi connectivity index (χ2v) is 5.87. The Hall–Kier alpha value is -1.76. The van der Waals surface area contributed by atoms with Crippen molar-refractivity contribution in [1.29, 1.82) is 0 Å². The summed E-state index contributed by atoms with van der Waals surface area (Å²) in [6.07, 6.45) is 5.49. The summed E-state index contributed by atoms with van der Waals surface area (Å²) < 4.78 is 0.